The zero-order valence-corrected chi connectivity index (χ0v) is 15.7. The van der Waals surface area contributed by atoms with Gasteiger partial charge in [0.1, 0.15) is 6.61 Å². The summed E-state index contributed by atoms with van der Waals surface area (Å²) in [6.07, 6.45) is 0.340. The fourth-order valence-electron chi connectivity index (χ4n) is 2.15. The first kappa shape index (κ1) is 19.3. The maximum absolute atomic E-state index is 12.1. The van der Waals surface area contributed by atoms with Crippen LogP contribution in [0.1, 0.15) is 22.5 Å². The third kappa shape index (κ3) is 5.76. The Kier molecular flexibility index (Phi) is 7.28. The summed E-state index contributed by atoms with van der Waals surface area (Å²) < 4.78 is 11.4. The first-order chi connectivity index (χ1) is 12.0. The van der Waals surface area contributed by atoms with E-state index >= 15 is 0 Å². The van der Waals surface area contributed by atoms with E-state index in [4.69, 9.17) is 21.1 Å². The molecule has 0 N–H and O–H groups in total. The average Bonchev–Trinajstić information content (AvgIpc) is 3.06. The molecule has 1 aromatic carbocycles. The highest BCUT2D eigenvalue weighted by atomic mass is 35.5. The lowest BCUT2D eigenvalue weighted by Crippen LogP contribution is -2.31. The third-order valence-electron chi connectivity index (χ3n) is 3.59. The van der Waals surface area contributed by atoms with Crippen molar-refractivity contribution >= 4 is 34.6 Å². The second-order valence-corrected chi connectivity index (χ2v) is 7.06. The standard InChI is InChI=1S/C18H20ClNO4S/c1-20(11-12-24-15-6-4-3-5-14(15)23-2)18(22)10-7-13(21)16-8-9-17(19)25-16/h3-6,8-9H,7,10-12H2,1-2H3. The van der Waals surface area contributed by atoms with Gasteiger partial charge in [0.15, 0.2) is 17.3 Å². The van der Waals surface area contributed by atoms with Crippen LogP contribution >= 0.6 is 22.9 Å². The zero-order chi connectivity index (χ0) is 18.2. The summed E-state index contributed by atoms with van der Waals surface area (Å²) in [6.45, 7) is 0.771. The first-order valence-electron chi connectivity index (χ1n) is 7.79. The predicted molar refractivity (Wildman–Crippen MR) is 99.0 cm³/mol. The summed E-state index contributed by atoms with van der Waals surface area (Å²) in [5.41, 5.74) is 0. The van der Waals surface area contributed by atoms with Gasteiger partial charge in [-0.05, 0) is 24.3 Å². The van der Waals surface area contributed by atoms with Crippen molar-refractivity contribution < 1.29 is 19.1 Å². The number of carbonyl (C=O) groups is 2. The molecule has 5 nitrogen and oxygen atoms in total. The lowest BCUT2D eigenvalue weighted by molar-refractivity contribution is -0.130. The van der Waals surface area contributed by atoms with E-state index in [2.05, 4.69) is 0 Å². The number of benzene rings is 1. The van der Waals surface area contributed by atoms with Crippen molar-refractivity contribution in [2.75, 3.05) is 27.3 Å². The zero-order valence-electron chi connectivity index (χ0n) is 14.2. The molecule has 0 aliphatic heterocycles. The Hall–Kier alpha value is -2.05. The molecule has 0 saturated heterocycles. The number of hydrogen-bond donors (Lipinski definition) is 0. The number of ether oxygens (including phenoxy) is 2. The number of ketones is 1. The molecule has 25 heavy (non-hydrogen) atoms. The molecule has 0 atom stereocenters. The van der Waals surface area contributed by atoms with Gasteiger partial charge >= 0.3 is 0 Å². The maximum atomic E-state index is 12.1. The van der Waals surface area contributed by atoms with E-state index in [0.717, 1.165) is 0 Å². The molecule has 2 rings (SSSR count). The molecule has 0 aliphatic carbocycles. The van der Waals surface area contributed by atoms with Crippen LogP contribution in [0.3, 0.4) is 0 Å². The Morgan fingerprint density at radius 2 is 1.84 bits per heavy atom. The van der Waals surface area contributed by atoms with Crippen molar-refractivity contribution in [3.63, 3.8) is 0 Å². The number of likely N-dealkylation sites (N-methyl/N-ethyl adjacent to an activating group) is 1. The molecule has 1 amide bonds. The highest BCUT2D eigenvalue weighted by molar-refractivity contribution is 7.18. The van der Waals surface area contributed by atoms with Gasteiger partial charge in [-0.1, -0.05) is 23.7 Å². The lowest BCUT2D eigenvalue weighted by Gasteiger charge is -2.18. The summed E-state index contributed by atoms with van der Waals surface area (Å²) >= 11 is 7.05. The van der Waals surface area contributed by atoms with E-state index < -0.39 is 0 Å². The molecule has 0 saturated carbocycles. The number of nitrogens with zero attached hydrogens (tertiary/aromatic N) is 1. The van der Waals surface area contributed by atoms with Crippen molar-refractivity contribution in [3.05, 3.63) is 45.6 Å². The topological polar surface area (TPSA) is 55.8 Å². The van der Waals surface area contributed by atoms with Crippen LogP contribution in [0.5, 0.6) is 11.5 Å². The maximum Gasteiger partial charge on any atom is 0.222 e. The smallest absolute Gasteiger partial charge is 0.222 e. The van der Waals surface area contributed by atoms with E-state index in [1.807, 2.05) is 24.3 Å². The number of methoxy groups -OCH3 is 1. The molecule has 0 unspecified atom stereocenters. The Morgan fingerprint density at radius 1 is 1.12 bits per heavy atom. The summed E-state index contributed by atoms with van der Waals surface area (Å²) in [5, 5.41) is 0. The van der Waals surface area contributed by atoms with Crippen LogP contribution in [0.4, 0.5) is 0 Å². The number of amides is 1. The second kappa shape index (κ2) is 9.44. The van der Waals surface area contributed by atoms with E-state index in [1.165, 1.54) is 11.3 Å². The minimum atomic E-state index is -0.0976. The van der Waals surface area contributed by atoms with E-state index in [0.29, 0.717) is 33.9 Å². The van der Waals surface area contributed by atoms with Gasteiger partial charge in [-0.15, -0.1) is 11.3 Å². The lowest BCUT2D eigenvalue weighted by atomic mass is 10.2. The quantitative estimate of drug-likeness (QED) is 0.618. The van der Waals surface area contributed by atoms with Crippen molar-refractivity contribution in [2.45, 2.75) is 12.8 Å². The second-order valence-electron chi connectivity index (χ2n) is 5.34. The number of hydrogen-bond acceptors (Lipinski definition) is 5. The van der Waals surface area contributed by atoms with Crippen LogP contribution in [0.25, 0.3) is 0 Å². The van der Waals surface area contributed by atoms with Gasteiger partial charge in [0, 0.05) is 19.9 Å². The highest BCUT2D eigenvalue weighted by Crippen LogP contribution is 2.25. The van der Waals surface area contributed by atoms with Crippen LogP contribution in [0.2, 0.25) is 4.34 Å². The Bertz CT molecular complexity index is 731. The Morgan fingerprint density at radius 3 is 2.48 bits per heavy atom. The molecular weight excluding hydrogens is 362 g/mol. The number of rotatable bonds is 9. The summed E-state index contributed by atoms with van der Waals surface area (Å²) in [7, 11) is 3.27. The van der Waals surface area contributed by atoms with Gasteiger partial charge in [0.05, 0.1) is 22.9 Å². The van der Waals surface area contributed by atoms with Gasteiger partial charge < -0.3 is 14.4 Å². The number of Topliss-reactive ketones (excluding diaryl/α,β-unsaturated/α-hetero) is 1. The molecule has 0 spiro atoms. The van der Waals surface area contributed by atoms with Crippen LogP contribution < -0.4 is 9.47 Å². The van der Waals surface area contributed by atoms with Gasteiger partial charge in [0.2, 0.25) is 5.91 Å². The summed E-state index contributed by atoms with van der Waals surface area (Å²) in [6, 6.07) is 10.7. The third-order valence-corrected chi connectivity index (χ3v) is 4.87. The highest BCUT2D eigenvalue weighted by Gasteiger charge is 2.14. The van der Waals surface area contributed by atoms with Gasteiger partial charge in [-0.2, -0.15) is 0 Å². The predicted octanol–water partition coefficient (Wildman–Crippen LogP) is 3.91. The molecule has 134 valence electrons. The first-order valence-corrected chi connectivity index (χ1v) is 8.99. The fourth-order valence-corrected chi connectivity index (χ4v) is 3.16. The van der Waals surface area contributed by atoms with Crippen LogP contribution in [0, 0.1) is 0 Å². The minimum Gasteiger partial charge on any atom is -0.493 e. The number of halogens is 1. The largest absolute Gasteiger partial charge is 0.493 e. The van der Waals surface area contributed by atoms with Gasteiger partial charge in [-0.3, -0.25) is 9.59 Å². The Labute approximate surface area is 156 Å². The van der Waals surface area contributed by atoms with E-state index in [-0.39, 0.29) is 24.5 Å². The van der Waals surface area contributed by atoms with Crippen molar-refractivity contribution in [1.82, 2.24) is 4.90 Å². The number of para-hydroxylation sites is 2. The molecule has 0 bridgehead atoms. The SMILES string of the molecule is COc1ccccc1OCCN(C)C(=O)CCC(=O)c1ccc(Cl)s1. The molecule has 1 heterocycles. The Balaban J connectivity index is 1.74. The summed E-state index contributed by atoms with van der Waals surface area (Å²) in [4.78, 5) is 26.3. The van der Waals surface area contributed by atoms with Crippen molar-refractivity contribution in [1.29, 1.82) is 0 Å². The molecular formula is C18H20ClNO4S. The minimum absolute atomic E-state index is 0.0658. The monoisotopic (exact) mass is 381 g/mol. The van der Waals surface area contributed by atoms with Crippen LogP contribution in [0.15, 0.2) is 36.4 Å². The molecule has 0 radical (unpaired) electrons. The average molecular weight is 382 g/mol. The molecule has 1 aromatic heterocycles. The number of carbonyl (C=O) groups excluding carboxylic acids is 2. The number of thiophene rings is 1. The molecule has 0 aliphatic rings. The normalized spacial score (nSPS) is 10.4. The van der Waals surface area contributed by atoms with Crippen molar-refractivity contribution in [3.8, 4) is 11.5 Å². The van der Waals surface area contributed by atoms with Gasteiger partial charge in [0.25, 0.3) is 0 Å². The van der Waals surface area contributed by atoms with E-state index in [9.17, 15) is 9.59 Å². The van der Waals surface area contributed by atoms with Gasteiger partial charge in [-0.25, -0.2) is 0 Å². The van der Waals surface area contributed by atoms with E-state index in [1.54, 1.807) is 31.2 Å². The van der Waals surface area contributed by atoms with Crippen molar-refractivity contribution in [2.24, 2.45) is 0 Å². The van der Waals surface area contributed by atoms with Crippen LogP contribution in [-0.2, 0) is 4.79 Å². The fraction of sp³-hybridized carbons (Fsp3) is 0.333. The molecule has 0 fully saturated rings. The molecule has 7 heteroatoms. The molecule has 2 aromatic rings. The van der Waals surface area contributed by atoms with Crippen LogP contribution in [-0.4, -0.2) is 43.9 Å². The summed E-state index contributed by atoms with van der Waals surface area (Å²) in [5.74, 6) is 1.12.